The van der Waals surface area contributed by atoms with Crippen LogP contribution in [0.3, 0.4) is 0 Å². The summed E-state index contributed by atoms with van der Waals surface area (Å²) in [5.41, 5.74) is 1.19. The highest BCUT2D eigenvalue weighted by Crippen LogP contribution is 1.98. The first-order valence-electron chi connectivity index (χ1n) is 7.29. The van der Waals surface area contributed by atoms with E-state index in [1.54, 1.807) is 0 Å². The molecule has 1 aromatic carbocycles. The summed E-state index contributed by atoms with van der Waals surface area (Å²) in [5, 5.41) is 5.38. The van der Waals surface area contributed by atoms with Crippen molar-refractivity contribution in [3.8, 4) is 0 Å². The molecule has 0 radical (unpaired) electrons. The molecule has 0 aliphatic carbocycles. The van der Waals surface area contributed by atoms with Crippen LogP contribution < -0.4 is 10.6 Å². The van der Waals surface area contributed by atoms with Gasteiger partial charge in [0.2, 0.25) is 5.91 Å². The van der Waals surface area contributed by atoms with Gasteiger partial charge in [0.25, 0.3) is 0 Å². The van der Waals surface area contributed by atoms with Crippen LogP contribution in [0.2, 0.25) is 0 Å². The maximum atomic E-state index is 11.6. The molecule has 1 rings (SSSR count). The molecule has 0 saturated heterocycles. The Balaban J connectivity index is 2.05. The molecule has 1 aromatic rings. The van der Waals surface area contributed by atoms with E-state index < -0.39 is 6.09 Å². The van der Waals surface area contributed by atoms with Gasteiger partial charge in [0.15, 0.2) is 0 Å². The molecule has 5 nitrogen and oxygen atoms in total. The highest BCUT2D eigenvalue weighted by Gasteiger charge is 2.05. The van der Waals surface area contributed by atoms with Gasteiger partial charge in [-0.25, -0.2) is 4.79 Å². The van der Waals surface area contributed by atoms with Gasteiger partial charge >= 0.3 is 6.09 Å². The van der Waals surface area contributed by atoms with E-state index in [1.165, 1.54) is 5.56 Å². The Morgan fingerprint density at radius 1 is 1.10 bits per heavy atom. The summed E-state index contributed by atoms with van der Waals surface area (Å²) < 4.78 is 4.94. The fraction of sp³-hybridized carbons (Fsp3) is 0.500. The van der Waals surface area contributed by atoms with Crippen LogP contribution in [-0.2, 0) is 16.0 Å². The first kappa shape index (κ1) is 17.0. The van der Waals surface area contributed by atoms with E-state index in [4.69, 9.17) is 4.74 Å². The summed E-state index contributed by atoms with van der Waals surface area (Å²) in [5.74, 6) is 0.229. The number of hydrogen-bond acceptors (Lipinski definition) is 3. The average molecular weight is 292 g/mol. The minimum Gasteiger partial charge on any atom is -0.449 e. The van der Waals surface area contributed by atoms with Crippen molar-refractivity contribution >= 4 is 12.0 Å². The monoisotopic (exact) mass is 292 g/mol. The first-order valence-corrected chi connectivity index (χ1v) is 7.29. The van der Waals surface area contributed by atoms with Crippen LogP contribution in [0.1, 0.15) is 25.8 Å². The van der Waals surface area contributed by atoms with Gasteiger partial charge < -0.3 is 15.4 Å². The topological polar surface area (TPSA) is 67.4 Å². The quantitative estimate of drug-likeness (QED) is 0.771. The lowest BCUT2D eigenvalue weighted by atomic mass is 10.1. The number of carbonyl (C=O) groups excluding carboxylic acids is 2. The van der Waals surface area contributed by atoms with E-state index in [9.17, 15) is 9.59 Å². The molecule has 2 amide bonds. The number of alkyl carbamates (subject to hydrolysis) is 1. The Morgan fingerprint density at radius 3 is 2.48 bits per heavy atom. The van der Waals surface area contributed by atoms with Crippen LogP contribution in [0.25, 0.3) is 0 Å². The zero-order valence-corrected chi connectivity index (χ0v) is 12.7. The summed E-state index contributed by atoms with van der Waals surface area (Å²) in [6.45, 7) is 5.20. The predicted molar refractivity (Wildman–Crippen MR) is 82.0 cm³/mol. The second-order valence-electron chi connectivity index (χ2n) is 5.25. The van der Waals surface area contributed by atoms with Crippen LogP contribution in [0.4, 0.5) is 4.79 Å². The molecule has 2 N–H and O–H groups in total. The maximum Gasteiger partial charge on any atom is 0.407 e. The number of benzene rings is 1. The Bertz CT molecular complexity index is 432. The zero-order valence-electron chi connectivity index (χ0n) is 12.7. The van der Waals surface area contributed by atoms with E-state index in [1.807, 2.05) is 44.2 Å². The van der Waals surface area contributed by atoms with Gasteiger partial charge in [-0.1, -0.05) is 44.2 Å². The number of hydrogen-bond donors (Lipinski definition) is 2. The fourth-order valence-electron chi connectivity index (χ4n) is 1.65. The van der Waals surface area contributed by atoms with Gasteiger partial charge in [-0.15, -0.1) is 0 Å². The van der Waals surface area contributed by atoms with Crippen molar-refractivity contribution in [2.75, 3.05) is 19.7 Å². The maximum absolute atomic E-state index is 11.6. The third-order valence-electron chi connectivity index (χ3n) is 2.75. The van der Waals surface area contributed by atoms with Gasteiger partial charge in [0.05, 0.1) is 6.61 Å². The van der Waals surface area contributed by atoms with Crippen LogP contribution in [-0.4, -0.2) is 31.7 Å². The minimum atomic E-state index is -0.471. The minimum absolute atomic E-state index is 0.0740. The second kappa shape index (κ2) is 9.80. The molecule has 0 aliphatic rings. The third-order valence-corrected chi connectivity index (χ3v) is 2.75. The molecule has 0 saturated carbocycles. The van der Waals surface area contributed by atoms with E-state index in [0.717, 1.165) is 6.42 Å². The lowest BCUT2D eigenvalue weighted by Crippen LogP contribution is -2.32. The smallest absolute Gasteiger partial charge is 0.407 e. The number of nitrogens with one attached hydrogen (secondary N) is 2. The molecular formula is C16H24N2O3. The SMILES string of the molecule is CC(C)COC(=O)NCCC(=O)NCCc1ccccc1. The predicted octanol–water partition coefficient (Wildman–Crippen LogP) is 2.12. The van der Waals surface area contributed by atoms with Gasteiger partial charge in [-0.2, -0.15) is 0 Å². The Labute approximate surface area is 126 Å². The molecule has 0 heterocycles. The van der Waals surface area contributed by atoms with Crippen molar-refractivity contribution in [3.05, 3.63) is 35.9 Å². The number of ether oxygens (including phenoxy) is 1. The standard InChI is InChI=1S/C16H24N2O3/c1-13(2)12-21-16(20)18-11-9-15(19)17-10-8-14-6-4-3-5-7-14/h3-7,13H,8-12H2,1-2H3,(H,17,19)(H,18,20). The molecule has 0 spiro atoms. The van der Waals surface area contributed by atoms with E-state index >= 15 is 0 Å². The van der Waals surface area contributed by atoms with Crippen molar-refractivity contribution in [1.82, 2.24) is 10.6 Å². The largest absolute Gasteiger partial charge is 0.449 e. The summed E-state index contributed by atoms with van der Waals surface area (Å²) >= 11 is 0. The average Bonchev–Trinajstić information content (AvgIpc) is 2.46. The van der Waals surface area contributed by atoms with E-state index in [2.05, 4.69) is 10.6 Å². The van der Waals surface area contributed by atoms with Gasteiger partial charge in [0.1, 0.15) is 0 Å². The molecule has 5 heteroatoms. The number of rotatable bonds is 8. The van der Waals surface area contributed by atoms with Crippen molar-refractivity contribution in [2.24, 2.45) is 5.92 Å². The number of carbonyl (C=O) groups is 2. The fourth-order valence-corrected chi connectivity index (χ4v) is 1.65. The lowest BCUT2D eigenvalue weighted by molar-refractivity contribution is -0.120. The highest BCUT2D eigenvalue weighted by atomic mass is 16.5. The Hall–Kier alpha value is -2.04. The summed E-state index contributed by atoms with van der Waals surface area (Å²) in [6, 6.07) is 9.97. The molecular weight excluding hydrogens is 268 g/mol. The summed E-state index contributed by atoms with van der Waals surface area (Å²) in [6.07, 6.45) is 0.586. The molecule has 116 valence electrons. The molecule has 0 aromatic heterocycles. The Morgan fingerprint density at radius 2 is 1.81 bits per heavy atom. The molecule has 0 unspecified atom stereocenters. The Kier molecular flexibility index (Phi) is 7.94. The van der Waals surface area contributed by atoms with Gasteiger partial charge in [0, 0.05) is 19.5 Å². The van der Waals surface area contributed by atoms with Crippen LogP contribution >= 0.6 is 0 Å². The van der Waals surface area contributed by atoms with Gasteiger partial charge in [-0.3, -0.25) is 4.79 Å². The van der Waals surface area contributed by atoms with E-state index in [-0.39, 0.29) is 18.9 Å². The van der Waals surface area contributed by atoms with Crippen molar-refractivity contribution < 1.29 is 14.3 Å². The van der Waals surface area contributed by atoms with Crippen LogP contribution in [0.5, 0.6) is 0 Å². The third kappa shape index (κ3) is 8.68. The molecule has 0 atom stereocenters. The zero-order chi connectivity index (χ0) is 15.5. The first-order chi connectivity index (χ1) is 10.1. The van der Waals surface area contributed by atoms with Crippen molar-refractivity contribution in [1.29, 1.82) is 0 Å². The number of amides is 2. The summed E-state index contributed by atoms with van der Waals surface area (Å²) in [7, 11) is 0. The molecule has 0 bridgehead atoms. The second-order valence-corrected chi connectivity index (χ2v) is 5.25. The molecule has 21 heavy (non-hydrogen) atoms. The normalized spacial score (nSPS) is 10.2. The van der Waals surface area contributed by atoms with Crippen LogP contribution in [0.15, 0.2) is 30.3 Å². The molecule has 0 fully saturated rings. The van der Waals surface area contributed by atoms with Gasteiger partial charge in [-0.05, 0) is 17.9 Å². The van der Waals surface area contributed by atoms with Crippen molar-refractivity contribution in [2.45, 2.75) is 26.7 Å². The molecule has 0 aliphatic heterocycles. The lowest BCUT2D eigenvalue weighted by Gasteiger charge is -2.09. The van der Waals surface area contributed by atoms with E-state index in [0.29, 0.717) is 19.1 Å². The highest BCUT2D eigenvalue weighted by molar-refractivity contribution is 5.76. The van der Waals surface area contributed by atoms with Crippen molar-refractivity contribution in [3.63, 3.8) is 0 Å². The van der Waals surface area contributed by atoms with Crippen LogP contribution in [0, 0.1) is 5.92 Å². The summed E-state index contributed by atoms with van der Waals surface area (Å²) in [4.78, 5) is 22.8.